The van der Waals surface area contributed by atoms with Gasteiger partial charge in [-0.25, -0.2) is 0 Å². The summed E-state index contributed by atoms with van der Waals surface area (Å²) in [5.41, 5.74) is 0.760. The maximum atomic E-state index is 12.0. The smallest absolute Gasteiger partial charge is 0.271 e. The Morgan fingerprint density at radius 2 is 2.05 bits per heavy atom. The molecule has 0 heterocycles. The largest absolute Gasteiger partial charge is 0.508 e. The topological polar surface area (TPSA) is 92.5 Å². The molecule has 0 unspecified atom stereocenters. The van der Waals surface area contributed by atoms with Gasteiger partial charge in [0.05, 0.1) is 4.92 Å². The summed E-state index contributed by atoms with van der Waals surface area (Å²) in [6.45, 7) is 0.216. The number of hydrogen-bond acceptors (Lipinski definition) is 4. The molecule has 0 aromatic heterocycles. The lowest BCUT2D eigenvalue weighted by Gasteiger charge is -2.06. The minimum Gasteiger partial charge on any atom is -0.508 e. The van der Waals surface area contributed by atoms with Gasteiger partial charge in [-0.05, 0) is 23.8 Å². The van der Waals surface area contributed by atoms with Gasteiger partial charge in [0, 0.05) is 28.7 Å². The molecule has 0 spiro atoms. The van der Waals surface area contributed by atoms with Crippen molar-refractivity contribution < 1.29 is 14.8 Å². The number of nitrogens with zero attached hydrogens (tertiary/aromatic N) is 1. The van der Waals surface area contributed by atoms with Gasteiger partial charge in [0.15, 0.2) is 0 Å². The standard InChI is InChI=1S/C14H11BrN2O4/c15-11-5-10(6-12(7-11)17(20)21)14(19)16-8-9-2-1-3-13(18)4-9/h1-7,18H,8H2,(H,16,19). The molecule has 0 aliphatic heterocycles. The van der Waals surface area contributed by atoms with Crippen molar-refractivity contribution in [3.05, 3.63) is 68.2 Å². The summed E-state index contributed by atoms with van der Waals surface area (Å²) in [7, 11) is 0. The average Bonchev–Trinajstić information content (AvgIpc) is 2.44. The van der Waals surface area contributed by atoms with Crippen molar-refractivity contribution >= 4 is 27.5 Å². The molecule has 7 heteroatoms. The van der Waals surface area contributed by atoms with Crippen LogP contribution in [0.3, 0.4) is 0 Å². The molecule has 1 amide bonds. The monoisotopic (exact) mass is 350 g/mol. The highest BCUT2D eigenvalue weighted by Gasteiger charge is 2.13. The third-order valence-electron chi connectivity index (χ3n) is 2.72. The molecule has 0 bridgehead atoms. The number of benzene rings is 2. The zero-order valence-corrected chi connectivity index (χ0v) is 12.3. The Morgan fingerprint density at radius 3 is 2.71 bits per heavy atom. The van der Waals surface area contributed by atoms with Gasteiger partial charge >= 0.3 is 0 Å². The Morgan fingerprint density at radius 1 is 1.29 bits per heavy atom. The Hall–Kier alpha value is -2.41. The zero-order chi connectivity index (χ0) is 15.4. The first kappa shape index (κ1) is 15.0. The Bertz CT molecular complexity index is 703. The third-order valence-corrected chi connectivity index (χ3v) is 3.18. The number of nitro groups is 1. The number of carbonyl (C=O) groups excluding carboxylic acids is 1. The molecule has 2 rings (SSSR count). The minimum absolute atomic E-state index is 0.111. The molecule has 2 N–H and O–H groups in total. The van der Waals surface area contributed by atoms with Crippen LogP contribution in [0.4, 0.5) is 5.69 Å². The summed E-state index contributed by atoms with van der Waals surface area (Å²) in [5, 5.41) is 22.7. The Balaban J connectivity index is 2.12. The molecule has 0 radical (unpaired) electrons. The SMILES string of the molecule is O=C(NCc1cccc(O)c1)c1cc(Br)cc([N+](=O)[O-])c1. The van der Waals surface area contributed by atoms with Crippen molar-refractivity contribution in [2.75, 3.05) is 0 Å². The molecule has 0 aliphatic carbocycles. The van der Waals surface area contributed by atoms with E-state index >= 15 is 0 Å². The van der Waals surface area contributed by atoms with E-state index in [9.17, 15) is 20.0 Å². The van der Waals surface area contributed by atoms with E-state index in [0.717, 1.165) is 5.56 Å². The molecule has 108 valence electrons. The van der Waals surface area contributed by atoms with Gasteiger partial charge in [-0.1, -0.05) is 28.1 Å². The molecule has 0 atom stereocenters. The fourth-order valence-electron chi connectivity index (χ4n) is 1.76. The van der Waals surface area contributed by atoms with Crippen LogP contribution in [0.25, 0.3) is 0 Å². The van der Waals surface area contributed by atoms with Crippen LogP contribution >= 0.6 is 15.9 Å². The van der Waals surface area contributed by atoms with Crippen LogP contribution < -0.4 is 5.32 Å². The first-order valence-electron chi connectivity index (χ1n) is 5.97. The first-order valence-corrected chi connectivity index (χ1v) is 6.76. The van der Waals surface area contributed by atoms with E-state index in [-0.39, 0.29) is 23.5 Å². The van der Waals surface area contributed by atoms with Crippen LogP contribution in [-0.4, -0.2) is 15.9 Å². The quantitative estimate of drug-likeness (QED) is 0.654. The van der Waals surface area contributed by atoms with Gasteiger partial charge in [-0.3, -0.25) is 14.9 Å². The van der Waals surface area contributed by atoms with Gasteiger partial charge in [-0.2, -0.15) is 0 Å². The molecule has 21 heavy (non-hydrogen) atoms. The van der Waals surface area contributed by atoms with Crippen LogP contribution in [0, 0.1) is 10.1 Å². The number of nitro benzene ring substituents is 1. The second-order valence-electron chi connectivity index (χ2n) is 4.31. The number of non-ortho nitro benzene ring substituents is 1. The minimum atomic E-state index is -0.559. The molecule has 0 aliphatic rings. The van der Waals surface area contributed by atoms with Crippen LogP contribution in [0.5, 0.6) is 5.75 Å². The van der Waals surface area contributed by atoms with Crippen LogP contribution in [0.1, 0.15) is 15.9 Å². The van der Waals surface area contributed by atoms with E-state index in [1.807, 2.05) is 0 Å². The van der Waals surface area contributed by atoms with Gasteiger partial charge in [-0.15, -0.1) is 0 Å². The van der Waals surface area contributed by atoms with Gasteiger partial charge < -0.3 is 10.4 Å². The number of nitrogens with one attached hydrogen (secondary N) is 1. The van der Waals surface area contributed by atoms with Crippen molar-refractivity contribution in [1.82, 2.24) is 5.32 Å². The lowest BCUT2D eigenvalue weighted by atomic mass is 10.1. The molecular weight excluding hydrogens is 340 g/mol. The van der Waals surface area contributed by atoms with E-state index in [2.05, 4.69) is 21.2 Å². The van der Waals surface area contributed by atoms with Crippen LogP contribution in [-0.2, 0) is 6.54 Å². The Labute approximate surface area is 128 Å². The molecule has 0 fully saturated rings. The maximum Gasteiger partial charge on any atom is 0.271 e. The number of aromatic hydroxyl groups is 1. The lowest BCUT2D eigenvalue weighted by molar-refractivity contribution is -0.385. The van der Waals surface area contributed by atoms with Crippen LogP contribution in [0.2, 0.25) is 0 Å². The molecule has 2 aromatic carbocycles. The van der Waals surface area contributed by atoms with E-state index < -0.39 is 10.8 Å². The van der Waals surface area contributed by atoms with Crippen molar-refractivity contribution in [2.45, 2.75) is 6.54 Å². The molecule has 2 aromatic rings. The van der Waals surface area contributed by atoms with Crippen molar-refractivity contribution in [2.24, 2.45) is 0 Å². The van der Waals surface area contributed by atoms with Gasteiger partial charge in [0.1, 0.15) is 5.75 Å². The maximum absolute atomic E-state index is 12.0. The summed E-state index contributed by atoms with van der Waals surface area (Å²) in [4.78, 5) is 22.2. The molecular formula is C14H11BrN2O4. The second kappa shape index (κ2) is 6.36. The van der Waals surface area contributed by atoms with Crippen molar-refractivity contribution in [1.29, 1.82) is 0 Å². The third kappa shape index (κ3) is 4.03. The number of amides is 1. The number of hydrogen-bond donors (Lipinski definition) is 2. The Kier molecular flexibility index (Phi) is 4.54. The van der Waals surface area contributed by atoms with Crippen molar-refractivity contribution in [3.63, 3.8) is 0 Å². The summed E-state index contributed by atoms with van der Waals surface area (Å²) in [5.74, 6) is -0.317. The number of halogens is 1. The highest BCUT2D eigenvalue weighted by atomic mass is 79.9. The number of rotatable bonds is 4. The molecule has 6 nitrogen and oxygen atoms in total. The summed E-state index contributed by atoms with van der Waals surface area (Å²) < 4.78 is 0.458. The van der Waals surface area contributed by atoms with Crippen LogP contribution in [0.15, 0.2) is 46.9 Å². The number of carbonyl (C=O) groups is 1. The average molecular weight is 351 g/mol. The molecule has 0 saturated heterocycles. The summed E-state index contributed by atoms with van der Waals surface area (Å²) in [6, 6.07) is 10.5. The fourth-order valence-corrected chi connectivity index (χ4v) is 2.24. The van der Waals surface area contributed by atoms with Gasteiger partial charge in [0.25, 0.3) is 11.6 Å². The lowest BCUT2D eigenvalue weighted by Crippen LogP contribution is -2.22. The summed E-state index contributed by atoms with van der Waals surface area (Å²) in [6.07, 6.45) is 0. The fraction of sp³-hybridized carbons (Fsp3) is 0.0714. The highest BCUT2D eigenvalue weighted by Crippen LogP contribution is 2.21. The highest BCUT2D eigenvalue weighted by molar-refractivity contribution is 9.10. The predicted molar refractivity (Wildman–Crippen MR) is 80.1 cm³/mol. The zero-order valence-electron chi connectivity index (χ0n) is 10.7. The molecule has 0 saturated carbocycles. The predicted octanol–water partition coefficient (Wildman–Crippen LogP) is 2.99. The first-order chi connectivity index (χ1) is 9.95. The van der Waals surface area contributed by atoms with E-state index in [4.69, 9.17) is 0 Å². The van der Waals surface area contributed by atoms with Gasteiger partial charge in [0.2, 0.25) is 0 Å². The summed E-state index contributed by atoms with van der Waals surface area (Å²) >= 11 is 3.14. The second-order valence-corrected chi connectivity index (χ2v) is 5.22. The number of phenols is 1. The van der Waals surface area contributed by atoms with E-state index in [1.54, 1.807) is 12.1 Å². The number of phenolic OH excluding ortho intramolecular Hbond substituents is 1. The normalized spacial score (nSPS) is 10.1. The van der Waals surface area contributed by atoms with E-state index in [0.29, 0.717) is 4.47 Å². The van der Waals surface area contributed by atoms with Crippen molar-refractivity contribution in [3.8, 4) is 5.75 Å². The van der Waals surface area contributed by atoms with E-state index in [1.165, 1.54) is 30.3 Å².